The molecule has 14 heavy (non-hydrogen) atoms. The molecule has 0 amide bonds. The van der Waals surface area contributed by atoms with Crippen LogP contribution in [0.15, 0.2) is 41.5 Å². The first kappa shape index (κ1) is 10.4. The Kier molecular flexibility index (Phi) is 2.79. The highest BCUT2D eigenvalue weighted by atomic mass is 127. The van der Waals surface area contributed by atoms with Crippen LogP contribution in [0.3, 0.4) is 0 Å². The largest absolute Gasteiger partial charge is 0.497 e. The van der Waals surface area contributed by atoms with Crippen molar-refractivity contribution in [1.82, 2.24) is 0 Å². The molecule has 3 heteroatoms. The minimum absolute atomic E-state index is 0.0733. The Balaban J connectivity index is 2.49. The third kappa shape index (κ3) is 1.56. The summed E-state index contributed by atoms with van der Waals surface area (Å²) in [5.74, 6) is 0. The molecule has 1 heterocycles. The molecule has 0 radical (unpaired) electrons. The second-order valence-electron chi connectivity index (χ2n) is 3.37. The molecule has 2 atom stereocenters. The summed E-state index contributed by atoms with van der Waals surface area (Å²) in [6, 6.07) is 8.15. The van der Waals surface area contributed by atoms with E-state index in [0.717, 1.165) is 4.90 Å². The molecule has 1 aromatic rings. The molecule has 2 unspecified atom stereocenters. The normalized spacial score (nSPS) is 30.4. The SMILES string of the molecule is CC1OC=CC1(I)c1ccccc1S. The predicted molar refractivity (Wildman–Crippen MR) is 69.1 cm³/mol. The van der Waals surface area contributed by atoms with Gasteiger partial charge >= 0.3 is 0 Å². The Hall–Kier alpha value is -0.160. The van der Waals surface area contributed by atoms with Crippen molar-refractivity contribution in [2.24, 2.45) is 0 Å². The van der Waals surface area contributed by atoms with Crippen LogP contribution < -0.4 is 0 Å². The van der Waals surface area contributed by atoms with Crippen molar-refractivity contribution in [2.45, 2.75) is 21.3 Å². The van der Waals surface area contributed by atoms with Crippen LogP contribution in [0.2, 0.25) is 0 Å². The number of halogens is 1. The van der Waals surface area contributed by atoms with Gasteiger partial charge in [0.25, 0.3) is 0 Å². The van der Waals surface area contributed by atoms with E-state index in [1.165, 1.54) is 5.56 Å². The van der Waals surface area contributed by atoms with Crippen molar-refractivity contribution < 1.29 is 4.74 Å². The van der Waals surface area contributed by atoms with Crippen LogP contribution >= 0.6 is 35.2 Å². The first-order valence-electron chi connectivity index (χ1n) is 4.45. The fourth-order valence-electron chi connectivity index (χ4n) is 1.60. The summed E-state index contributed by atoms with van der Waals surface area (Å²) in [5, 5.41) is 0. The number of hydrogen-bond donors (Lipinski definition) is 1. The van der Waals surface area contributed by atoms with Crippen molar-refractivity contribution in [2.75, 3.05) is 0 Å². The van der Waals surface area contributed by atoms with Gasteiger partial charge in [0.1, 0.15) is 9.53 Å². The number of ether oxygens (including phenoxy) is 1. The monoisotopic (exact) mass is 318 g/mol. The van der Waals surface area contributed by atoms with E-state index in [4.69, 9.17) is 4.74 Å². The van der Waals surface area contributed by atoms with Crippen LogP contribution in [0.4, 0.5) is 0 Å². The molecule has 0 spiro atoms. The van der Waals surface area contributed by atoms with Gasteiger partial charge in [-0.25, -0.2) is 0 Å². The lowest BCUT2D eigenvalue weighted by Gasteiger charge is -2.26. The first-order valence-corrected chi connectivity index (χ1v) is 5.98. The predicted octanol–water partition coefficient (Wildman–Crippen LogP) is 3.54. The molecule has 1 aliphatic rings. The molecule has 0 N–H and O–H groups in total. The van der Waals surface area contributed by atoms with E-state index in [1.807, 2.05) is 18.2 Å². The van der Waals surface area contributed by atoms with Gasteiger partial charge in [0.2, 0.25) is 0 Å². The highest BCUT2D eigenvalue weighted by molar-refractivity contribution is 14.1. The summed E-state index contributed by atoms with van der Waals surface area (Å²) in [6.45, 7) is 2.08. The molecule has 1 nitrogen and oxygen atoms in total. The van der Waals surface area contributed by atoms with Gasteiger partial charge in [0, 0.05) is 4.90 Å². The molecular formula is C11H11IOS. The zero-order valence-corrected chi connectivity index (χ0v) is 10.8. The van der Waals surface area contributed by atoms with Crippen molar-refractivity contribution in [1.29, 1.82) is 0 Å². The van der Waals surface area contributed by atoms with E-state index in [2.05, 4.69) is 54.3 Å². The molecule has 0 fully saturated rings. The highest BCUT2D eigenvalue weighted by Crippen LogP contribution is 2.44. The molecule has 0 saturated carbocycles. The Morgan fingerprint density at radius 2 is 2.14 bits per heavy atom. The zero-order valence-electron chi connectivity index (χ0n) is 7.77. The number of hydrogen-bond acceptors (Lipinski definition) is 2. The summed E-state index contributed by atoms with van der Waals surface area (Å²) < 4.78 is 5.38. The lowest BCUT2D eigenvalue weighted by molar-refractivity contribution is 0.169. The standard InChI is InChI=1S/C11H11IOS/c1-8-11(12,6-7-13-8)9-4-2-3-5-10(9)14/h2-8,14H,1H3. The van der Waals surface area contributed by atoms with E-state index < -0.39 is 0 Å². The van der Waals surface area contributed by atoms with Gasteiger partial charge in [0.05, 0.1) is 6.26 Å². The number of thiol groups is 1. The van der Waals surface area contributed by atoms with Gasteiger partial charge in [-0.05, 0) is 24.6 Å². The van der Waals surface area contributed by atoms with Gasteiger partial charge in [0.15, 0.2) is 0 Å². The molecular weight excluding hydrogens is 307 g/mol. The smallest absolute Gasteiger partial charge is 0.117 e. The van der Waals surface area contributed by atoms with Gasteiger partial charge < -0.3 is 4.74 Å². The molecule has 2 rings (SSSR count). The van der Waals surface area contributed by atoms with Crippen molar-refractivity contribution in [3.05, 3.63) is 42.2 Å². The number of alkyl halides is 1. The van der Waals surface area contributed by atoms with Gasteiger partial charge in [-0.3, -0.25) is 0 Å². The second kappa shape index (κ2) is 3.77. The zero-order chi connectivity index (χ0) is 10.2. The minimum Gasteiger partial charge on any atom is -0.497 e. The number of rotatable bonds is 1. The van der Waals surface area contributed by atoms with Gasteiger partial charge in [-0.1, -0.05) is 40.8 Å². The number of benzene rings is 1. The van der Waals surface area contributed by atoms with Crippen LogP contribution in [-0.4, -0.2) is 6.10 Å². The van der Waals surface area contributed by atoms with E-state index in [1.54, 1.807) is 6.26 Å². The maximum absolute atomic E-state index is 5.46. The molecule has 0 aromatic heterocycles. The van der Waals surface area contributed by atoms with Crippen molar-refractivity contribution >= 4 is 35.2 Å². The third-order valence-electron chi connectivity index (χ3n) is 2.50. The Morgan fingerprint density at radius 1 is 1.43 bits per heavy atom. The van der Waals surface area contributed by atoms with Crippen LogP contribution in [0, 0.1) is 0 Å². The van der Waals surface area contributed by atoms with E-state index in [-0.39, 0.29) is 9.53 Å². The van der Waals surface area contributed by atoms with Crippen LogP contribution in [0.5, 0.6) is 0 Å². The lowest BCUT2D eigenvalue weighted by Crippen LogP contribution is -2.26. The maximum Gasteiger partial charge on any atom is 0.117 e. The molecule has 1 aromatic carbocycles. The highest BCUT2D eigenvalue weighted by Gasteiger charge is 2.38. The van der Waals surface area contributed by atoms with Crippen molar-refractivity contribution in [3.8, 4) is 0 Å². The molecule has 74 valence electrons. The van der Waals surface area contributed by atoms with Crippen LogP contribution in [0.25, 0.3) is 0 Å². The summed E-state index contributed by atoms with van der Waals surface area (Å²) in [7, 11) is 0. The maximum atomic E-state index is 5.46. The Morgan fingerprint density at radius 3 is 2.71 bits per heavy atom. The summed E-state index contributed by atoms with van der Waals surface area (Å²) >= 11 is 6.90. The van der Waals surface area contributed by atoms with Crippen molar-refractivity contribution in [3.63, 3.8) is 0 Å². The summed E-state index contributed by atoms with van der Waals surface area (Å²) in [4.78, 5) is 1.02. The Bertz CT molecular complexity index is 377. The van der Waals surface area contributed by atoms with E-state index in [0.29, 0.717) is 0 Å². The summed E-state index contributed by atoms with van der Waals surface area (Å²) in [5.41, 5.74) is 1.21. The minimum atomic E-state index is -0.0733. The topological polar surface area (TPSA) is 9.23 Å². The lowest BCUT2D eigenvalue weighted by atomic mass is 9.95. The summed E-state index contributed by atoms with van der Waals surface area (Å²) in [6.07, 6.45) is 4.03. The first-order chi connectivity index (χ1) is 6.64. The fourth-order valence-corrected chi connectivity index (χ4v) is 2.92. The van der Waals surface area contributed by atoms with E-state index in [9.17, 15) is 0 Å². The molecule has 0 saturated heterocycles. The average Bonchev–Trinajstić information content (AvgIpc) is 2.49. The molecule has 0 bridgehead atoms. The molecule has 0 aliphatic carbocycles. The van der Waals surface area contributed by atoms with Crippen LogP contribution in [-0.2, 0) is 8.16 Å². The van der Waals surface area contributed by atoms with Gasteiger partial charge in [-0.15, -0.1) is 12.6 Å². The quantitative estimate of drug-likeness (QED) is 0.473. The molecule has 1 aliphatic heterocycles. The van der Waals surface area contributed by atoms with Gasteiger partial charge in [-0.2, -0.15) is 0 Å². The fraction of sp³-hybridized carbons (Fsp3) is 0.273. The second-order valence-corrected chi connectivity index (χ2v) is 5.63. The van der Waals surface area contributed by atoms with E-state index >= 15 is 0 Å². The van der Waals surface area contributed by atoms with Crippen LogP contribution in [0.1, 0.15) is 12.5 Å². The average molecular weight is 318 g/mol. The third-order valence-corrected chi connectivity index (χ3v) is 4.71. The Labute approximate surface area is 103 Å².